The fourth-order valence-electron chi connectivity index (χ4n) is 13.8. The Morgan fingerprint density at radius 3 is 0.516 bits per heavy atom. The van der Waals surface area contributed by atoms with E-state index in [-0.39, 0.29) is 0 Å². The van der Waals surface area contributed by atoms with E-state index >= 15 is 0 Å². The van der Waals surface area contributed by atoms with E-state index in [0.29, 0.717) is 0 Å². The summed E-state index contributed by atoms with van der Waals surface area (Å²) in [5, 5.41) is 3.52. The van der Waals surface area contributed by atoms with Gasteiger partial charge in [0.2, 0.25) is 0 Å². The van der Waals surface area contributed by atoms with E-state index in [2.05, 4.69) is 10.0 Å². The van der Waals surface area contributed by atoms with Gasteiger partial charge in [0.15, 0.2) is 117 Å². The molecule has 0 amide bonds. The fraction of sp³-hybridized carbons (Fsp3) is 0.743. The van der Waals surface area contributed by atoms with Gasteiger partial charge in [-0.3, -0.25) is 91.1 Å². The zero-order valence-electron chi connectivity index (χ0n) is 71.4. The van der Waals surface area contributed by atoms with Gasteiger partial charge in [-0.2, -0.15) is 0 Å². The van der Waals surface area contributed by atoms with Crippen LogP contribution in [-0.4, -0.2) is 337 Å². The van der Waals surface area contributed by atoms with Gasteiger partial charge in [0.25, 0.3) is 0 Å². The lowest BCUT2D eigenvalue weighted by atomic mass is 9.94. The maximum absolute atomic E-state index is 13.8. The molecule has 0 aromatic heterocycles. The number of carbonyl (C=O) groups is 19. The van der Waals surface area contributed by atoms with Crippen LogP contribution in [0.4, 0.5) is 0 Å². The maximum Gasteiger partial charge on any atom is 0.303 e. The number of carbonyl (C=O) groups excluding carboxylic acids is 19. The number of azide groups is 1. The van der Waals surface area contributed by atoms with Crippen LogP contribution in [-0.2, 0) is 233 Å². The summed E-state index contributed by atoms with van der Waals surface area (Å²) < 4.78 is 178. The number of esters is 19. The summed E-state index contributed by atoms with van der Waals surface area (Å²) in [5.41, 5.74) is 9.60. The Labute approximate surface area is 715 Å². The maximum atomic E-state index is 13.8. The Morgan fingerprint density at radius 1 is 0.198 bits per heavy atom. The second-order valence-electron chi connectivity index (χ2n) is 28.3. The predicted molar refractivity (Wildman–Crippen MR) is 387 cm³/mol. The van der Waals surface area contributed by atoms with Crippen molar-refractivity contribution in [2.75, 3.05) is 39.6 Å². The fourth-order valence-corrected chi connectivity index (χ4v) is 13.8. The van der Waals surface area contributed by atoms with E-state index in [4.69, 9.17) is 142 Å². The molecular weight excluding hydrogens is 1710 g/mol. The van der Waals surface area contributed by atoms with Gasteiger partial charge < -0.3 is 142 Å². The van der Waals surface area contributed by atoms with Gasteiger partial charge in [0.1, 0.15) is 107 Å². The number of rotatable bonds is 36. The summed E-state index contributed by atoms with van der Waals surface area (Å²) in [6.45, 7) is 10.7. The summed E-state index contributed by atoms with van der Waals surface area (Å²) in [6, 6.07) is 0. The van der Waals surface area contributed by atoms with Gasteiger partial charge in [-0.05, 0) is 5.53 Å². The van der Waals surface area contributed by atoms with Crippen molar-refractivity contribution in [3.05, 3.63) is 10.4 Å². The minimum absolute atomic E-state index is 0.801. The first-order chi connectivity index (χ1) is 59.0. The van der Waals surface area contributed by atoms with E-state index in [0.717, 1.165) is 132 Å². The number of nitrogens with zero attached hydrogens (tertiary/aromatic N) is 3. The van der Waals surface area contributed by atoms with Gasteiger partial charge in [-0.15, -0.1) is 0 Å². The molecule has 0 radical (unpaired) electrons. The summed E-state index contributed by atoms with van der Waals surface area (Å²) in [4.78, 5) is 253. The van der Waals surface area contributed by atoms with Crippen molar-refractivity contribution in [2.45, 2.75) is 316 Å². The largest absolute Gasteiger partial charge is 0.463 e. The van der Waals surface area contributed by atoms with E-state index in [9.17, 15) is 96.6 Å². The molecule has 6 fully saturated rings. The van der Waals surface area contributed by atoms with Gasteiger partial charge in [-0.1, -0.05) is 5.11 Å². The molecule has 6 aliphatic rings. The molecule has 52 nitrogen and oxygen atoms in total. The van der Waals surface area contributed by atoms with Crippen LogP contribution in [0.25, 0.3) is 10.4 Å². The molecule has 0 aliphatic carbocycles. The molecule has 126 heavy (non-hydrogen) atoms. The summed E-state index contributed by atoms with van der Waals surface area (Å²) >= 11 is 0. The highest BCUT2D eigenvalue weighted by Gasteiger charge is 2.64. The predicted octanol–water partition coefficient (Wildman–Crippen LogP) is -1.94. The minimum Gasteiger partial charge on any atom is -0.463 e. The smallest absolute Gasteiger partial charge is 0.303 e. The Bertz CT molecular complexity index is 3970. The highest BCUT2D eigenvalue weighted by atomic mass is 16.8. The number of hydrogen-bond donors (Lipinski definition) is 0. The van der Waals surface area contributed by atoms with Crippen molar-refractivity contribution < 1.29 is 233 Å². The molecule has 12 unspecified atom stereocenters. The van der Waals surface area contributed by atoms with Crippen LogP contribution < -0.4 is 0 Å². The number of ether oxygens (including phenoxy) is 30. The lowest BCUT2D eigenvalue weighted by Crippen LogP contribution is -2.70. The third-order valence-electron chi connectivity index (χ3n) is 17.8. The highest BCUT2D eigenvalue weighted by Crippen LogP contribution is 2.43. The van der Waals surface area contributed by atoms with Crippen molar-refractivity contribution in [1.82, 2.24) is 0 Å². The van der Waals surface area contributed by atoms with Gasteiger partial charge in [0.05, 0.1) is 0 Å². The Kier molecular flexibility index (Phi) is 39.4. The molecule has 52 heteroatoms. The molecule has 6 aliphatic heterocycles. The first-order valence-electron chi connectivity index (χ1n) is 38.3. The molecule has 704 valence electrons. The van der Waals surface area contributed by atoms with Gasteiger partial charge in [-0.25, -0.2) is 0 Å². The third-order valence-corrected chi connectivity index (χ3v) is 17.8. The lowest BCUT2D eigenvalue weighted by Gasteiger charge is -2.52. The highest BCUT2D eigenvalue weighted by molar-refractivity contribution is 5.73. The molecule has 0 N–H and O–H groups in total. The zero-order valence-corrected chi connectivity index (χ0v) is 71.4. The van der Waals surface area contributed by atoms with E-state index in [1.807, 2.05) is 0 Å². The van der Waals surface area contributed by atoms with Crippen LogP contribution in [0.15, 0.2) is 5.11 Å². The Morgan fingerprint density at radius 2 is 0.341 bits per heavy atom. The molecule has 6 saturated heterocycles. The van der Waals surface area contributed by atoms with Gasteiger partial charge >= 0.3 is 113 Å². The van der Waals surface area contributed by atoms with Crippen LogP contribution in [0.1, 0.15) is 132 Å². The third kappa shape index (κ3) is 30.8. The summed E-state index contributed by atoms with van der Waals surface area (Å²) in [6.07, 6.45) is -63.9. The van der Waals surface area contributed by atoms with Crippen LogP contribution in [0.5, 0.6) is 0 Å². The van der Waals surface area contributed by atoms with Crippen LogP contribution in [0.2, 0.25) is 0 Å². The normalized spacial score (nSPS) is 32.7. The van der Waals surface area contributed by atoms with Crippen LogP contribution in [0.3, 0.4) is 0 Å². The molecule has 6 rings (SSSR count). The summed E-state index contributed by atoms with van der Waals surface area (Å²) in [5.74, 6) is -21.8. The molecule has 30 atom stereocenters. The molecule has 0 saturated carbocycles. The van der Waals surface area contributed by atoms with Crippen molar-refractivity contribution in [2.24, 2.45) is 5.11 Å². The first-order valence-corrected chi connectivity index (χ1v) is 38.3. The molecule has 0 aromatic carbocycles. The average molecular weight is 1810 g/mol. The second kappa shape index (κ2) is 47.9. The average Bonchev–Trinajstić information content (AvgIpc) is 0.756. The summed E-state index contributed by atoms with van der Waals surface area (Å²) in [7, 11) is 0. The standard InChI is InChI=1S/C74H99N3O49/c1-26(78)97-20-45-52(57(104-33(8)85)63(110-39(14)91)69(116-45)76-77-75)122-71-65(112-41(16)93)59(106-35(10)87)54(47(118-71)22-99-28(3)80)124-73-67(114-43(18)95)61(108-37(12)89)56(49(120-73)24-101-30(5)82)126-74-68(115-44(19)96)62(109-38(13)90)55(50(121-74)25-102-31(6)83)125-72-66(113-42(17)94)60(107-36(11)88)53(48(119-72)23-100-29(4)81)123-70-64(111-40(15)92)58(105-34(9)86)51(103-32(7)84)46(117-70)21-98-27(2)79/h45-74H,20-25H2,1-19H3/t45?,46?,47?,48?,49?,50?,51-,52-,53-,54-,55-,56-,57-,58-,59-,60-,61-,62+,63?,64?,65?,66?,67?,68?,69+,70-,71-,72-,73-,74-/m1/s1. The van der Waals surface area contributed by atoms with Crippen LogP contribution in [0, 0.1) is 0 Å². The van der Waals surface area contributed by atoms with Gasteiger partial charge in [0, 0.05) is 136 Å². The molecule has 0 aromatic rings. The van der Waals surface area contributed by atoms with E-state index < -0.39 is 337 Å². The molecule has 0 spiro atoms. The SMILES string of the molecule is CC(=O)OCC1O[C@H](O[C@@H]2C(COC(C)=O)O[C@H](O[C@@H]3C(COC(C)=O)O[C@H](O[C@@H]4C(COC(C)=O)O[C@H](N=[N+]=[N-])C(OC(C)=O)[C@@H]4OC(C)=O)C(OC(C)=O)[C@@H]3OC(C)=O)C(OC(C)=O)[C@@H]2OC(C)=O)C(OC(C)=O)[C@@H](OC(C)=O)[C@@H]1O[C@H]1OC(COC(C)=O)[C@@H](O[C@H]2OC(COC(C)=O)[C@@H](OC(C)=O)[C@@H](OC(C)=O)C2OC(C)=O)[C@@H](OC(C)=O)C1OC(C)=O. The quantitative estimate of drug-likeness (QED) is 0.0217. The molecule has 6 heterocycles. The lowest BCUT2D eigenvalue weighted by molar-refractivity contribution is -0.395. The minimum atomic E-state index is -2.44. The second-order valence-corrected chi connectivity index (χ2v) is 28.3. The van der Waals surface area contributed by atoms with Crippen molar-refractivity contribution in [3.63, 3.8) is 0 Å². The van der Waals surface area contributed by atoms with E-state index in [1.165, 1.54) is 0 Å². The van der Waals surface area contributed by atoms with Crippen molar-refractivity contribution in [3.8, 4) is 0 Å². The number of hydrogen-bond acceptors (Lipinski definition) is 50. The molecule has 0 bridgehead atoms. The first kappa shape index (κ1) is 104. The van der Waals surface area contributed by atoms with Crippen LogP contribution >= 0.6 is 0 Å². The Balaban J connectivity index is 1.55. The van der Waals surface area contributed by atoms with E-state index in [1.54, 1.807) is 0 Å². The van der Waals surface area contributed by atoms with Crippen molar-refractivity contribution >= 4 is 113 Å². The topological polar surface area (TPSA) is 650 Å². The molecular formula is C74H99N3O49. The monoisotopic (exact) mass is 1810 g/mol. The Hall–Kier alpha value is -11.2. The van der Waals surface area contributed by atoms with Crippen molar-refractivity contribution in [1.29, 1.82) is 0 Å². The zero-order chi connectivity index (χ0) is 94.2.